The zero-order valence-electron chi connectivity index (χ0n) is 17.0. The Bertz CT molecular complexity index is 1120. The first-order valence-electron chi connectivity index (χ1n) is 10.1. The van der Waals surface area contributed by atoms with Crippen LogP contribution in [-0.4, -0.2) is 45.1 Å². The van der Waals surface area contributed by atoms with Crippen molar-refractivity contribution in [3.63, 3.8) is 0 Å². The van der Waals surface area contributed by atoms with E-state index in [9.17, 15) is 13.2 Å². The van der Waals surface area contributed by atoms with Crippen molar-refractivity contribution in [1.82, 2.24) is 10.2 Å². The van der Waals surface area contributed by atoms with Crippen LogP contribution in [0.15, 0.2) is 46.2 Å². The zero-order chi connectivity index (χ0) is 21.1. The fourth-order valence-electron chi connectivity index (χ4n) is 4.09. The van der Waals surface area contributed by atoms with Crippen molar-refractivity contribution in [3.8, 4) is 0 Å². The Morgan fingerprint density at radius 1 is 1.27 bits per heavy atom. The third-order valence-electron chi connectivity index (χ3n) is 5.42. The minimum Gasteiger partial charge on any atom is -0.451 e. The van der Waals surface area contributed by atoms with Gasteiger partial charge in [0.05, 0.1) is 5.75 Å². The van der Waals surface area contributed by atoms with Crippen LogP contribution in [-0.2, 0) is 22.1 Å². The number of nitrogens with one attached hydrogen (secondary N) is 1. The molecule has 1 fully saturated rings. The number of nitrogens with zero attached hydrogens (tertiary/aromatic N) is 1. The van der Waals surface area contributed by atoms with Crippen molar-refractivity contribution in [2.24, 2.45) is 5.92 Å². The summed E-state index contributed by atoms with van der Waals surface area (Å²) in [4.78, 5) is 16.7. The Kier molecular flexibility index (Phi) is 6.26. The summed E-state index contributed by atoms with van der Waals surface area (Å²) in [6.45, 7) is 3.51. The number of piperidine rings is 1. The number of hydrogen-bond donors (Lipinski definition) is 1. The Morgan fingerprint density at radius 3 is 2.87 bits per heavy atom. The van der Waals surface area contributed by atoms with E-state index in [2.05, 4.69) is 27.7 Å². The normalized spacial score (nSPS) is 18.0. The van der Waals surface area contributed by atoms with E-state index in [1.54, 1.807) is 23.5 Å². The number of carbonyl (C=O) groups is 1. The molecule has 0 aliphatic carbocycles. The lowest BCUT2D eigenvalue weighted by atomic mass is 9.98. The van der Waals surface area contributed by atoms with E-state index >= 15 is 0 Å². The predicted octanol–water partition coefficient (Wildman–Crippen LogP) is 3.68. The third-order valence-corrected chi connectivity index (χ3v) is 7.10. The lowest BCUT2D eigenvalue weighted by molar-refractivity contribution is 0.0904. The minimum atomic E-state index is -3.31. The second-order valence-corrected chi connectivity index (χ2v) is 11.2. The summed E-state index contributed by atoms with van der Waals surface area (Å²) in [7, 11) is -3.31. The molecule has 1 aliphatic heterocycles. The van der Waals surface area contributed by atoms with E-state index in [4.69, 9.17) is 4.42 Å². The van der Waals surface area contributed by atoms with Crippen LogP contribution in [0, 0.1) is 5.92 Å². The highest BCUT2D eigenvalue weighted by molar-refractivity contribution is 7.89. The van der Waals surface area contributed by atoms with Crippen LogP contribution in [0.5, 0.6) is 0 Å². The molecule has 6 nitrogen and oxygen atoms in total. The molecule has 8 heteroatoms. The van der Waals surface area contributed by atoms with Gasteiger partial charge in [-0.3, -0.25) is 9.69 Å². The molecular formula is C22H26N2O4S2. The van der Waals surface area contributed by atoms with Crippen molar-refractivity contribution >= 4 is 38.1 Å². The molecule has 1 N–H and O–H groups in total. The smallest absolute Gasteiger partial charge is 0.287 e. The number of rotatable bonds is 7. The fraction of sp³-hybridized carbons (Fsp3) is 0.409. The second kappa shape index (κ2) is 8.91. The van der Waals surface area contributed by atoms with Crippen LogP contribution in [0.2, 0.25) is 0 Å². The van der Waals surface area contributed by atoms with Gasteiger partial charge in [-0.25, -0.2) is 8.42 Å². The van der Waals surface area contributed by atoms with Gasteiger partial charge in [-0.15, -0.1) is 11.3 Å². The van der Waals surface area contributed by atoms with Crippen molar-refractivity contribution < 1.29 is 17.6 Å². The number of para-hydroxylation sites is 1. The Hall–Kier alpha value is -2.16. The largest absolute Gasteiger partial charge is 0.451 e. The van der Waals surface area contributed by atoms with Gasteiger partial charge < -0.3 is 9.73 Å². The first kappa shape index (κ1) is 21.1. The summed E-state index contributed by atoms with van der Waals surface area (Å²) in [5, 5.41) is 5.75. The van der Waals surface area contributed by atoms with Crippen LogP contribution in [0.3, 0.4) is 0 Å². The van der Waals surface area contributed by atoms with Crippen molar-refractivity contribution in [2.45, 2.75) is 25.1 Å². The number of hydrogen-bond acceptors (Lipinski definition) is 6. The minimum absolute atomic E-state index is 0.105. The van der Waals surface area contributed by atoms with Gasteiger partial charge in [0, 0.05) is 41.7 Å². The molecule has 1 saturated heterocycles. The highest BCUT2D eigenvalue weighted by atomic mass is 32.2. The molecule has 0 radical (unpaired) electrons. The van der Waals surface area contributed by atoms with Crippen molar-refractivity contribution in [2.75, 3.05) is 25.9 Å². The molecule has 3 aromatic rings. The number of furan rings is 1. The SMILES string of the molecule is CS(=O)(=O)Cc1c(C(=O)NCC2CCCN(Cc3cccs3)C2)oc2ccccc12. The Morgan fingerprint density at radius 2 is 2.10 bits per heavy atom. The first-order chi connectivity index (χ1) is 14.4. The standard InChI is InChI=1S/C22H26N2O4S2/c1-30(26,27)15-19-18-8-2-3-9-20(18)28-21(19)22(25)23-12-16-6-4-10-24(13-16)14-17-7-5-11-29-17/h2-3,5,7-9,11,16H,4,6,10,12-15H2,1H3,(H,23,25). The van der Waals surface area contributed by atoms with E-state index in [0.717, 1.165) is 32.5 Å². The average Bonchev–Trinajstić information content (AvgIpc) is 3.34. The molecule has 160 valence electrons. The summed E-state index contributed by atoms with van der Waals surface area (Å²) in [6, 6.07) is 11.4. The van der Waals surface area contributed by atoms with Crippen LogP contribution in [0.4, 0.5) is 0 Å². The molecule has 1 unspecified atom stereocenters. The maximum absolute atomic E-state index is 12.9. The van der Waals surface area contributed by atoms with Crippen molar-refractivity contribution in [3.05, 3.63) is 58.0 Å². The molecule has 1 aliphatic rings. The topological polar surface area (TPSA) is 79.6 Å². The molecule has 30 heavy (non-hydrogen) atoms. The molecule has 3 heterocycles. The number of fused-ring (bicyclic) bond motifs is 1. The monoisotopic (exact) mass is 446 g/mol. The van der Waals surface area contributed by atoms with Crippen LogP contribution < -0.4 is 5.32 Å². The molecule has 2 aromatic heterocycles. The molecule has 0 bridgehead atoms. The molecule has 4 rings (SSSR count). The van der Waals surface area contributed by atoms with Crippen LogP contribution >= 0.6 is 11.3 Å². The summed E-state index contributed by atoms with van der Waals surface area (Å²) in [5.74, 6) is -0.0939. The maximum Gasteiger partial charge on any atom is 0.287 e. The number of benzene rings is 1. The molecule has 1 atom stereocenters. The van der Waals surface area contributed by atoms with Gasteiger partial charge in [0.15, 0.2) is 15.6 Å². The van der Waals surface area contributed by atoms with Gasteiger partial charge in [0.25, 0.3) is 5.91 Å². The fourth-order valence-corrected chi connectivity index (χ4v) is 5.65. The van der Waals surface area contributed by atoms with E-state index in [1.807, 2.05) is 12.1 Å². The molecule has 0 saturated carbocycles. The van der Waals surface area contributed by atoms with Crippen molar-refractivity contribution in [1.29, 1.82) is 0 Å². The highest BCUT2D eigenvalue weighted by Crippen LogP contribution is 2.28. The maximum atomic E-state index is 12.9. The highest BCUT2D eigenvalue weighted by Gasteiger charge is 2.25. The lowest BCUT2D eigenvalue weighted by Gasteiger charge is -2.32. The molecule has 1 aromatic carbocycles. The Balaban J connectivity index is 1.43. The van der Waals surface area contributed by atoms with Gasteiger partial charge in [0.1, 0.15) is 5.58 Å². The van der Waals surface area contributed by atoms with Gasteiger partial charge in [-0.05, 0) is 42.8 Å². The number of carbonyl (C=O) groups excluding carboxylic acids is 1. The molecular weight excluding hydrogens is 420 g/mol. The summed E-state index contributed by atoms with van der Waals surface area (Å²) >= 11 is 1.77. The summed E-state index contributed by atoms with van der Waals surface area (Å²) < 4.78 is 29.6. The number of amides is 1. The molecule has 0 spiro atoms. The van der Waals surface area contributed by atoms with Gasteiger partial charge in [-0.2, -0.15) is 0 Å². The van der Waals surface area contributed by atoms with E-state index in [0.29, 0.717) is 29.0 Å². The van der Waals surface area contributed by atoms with E-state index < -0.39 is 9.84 Å². The van der Waals surface area contributed by atoms with Crippen LogP contribution in [0.1, 0.15) is 33.8 Å². The summed E-state index contributed by atoms with van der Waals surface area (Å²) in [6.07, 6.45) is 3.34. The molecule has 1 amide bonds. The third kappa shape index (κ3) is 5.11. The van der Waals surface area contributed by atoms with E-state index in [-0.39, 0.29) is 17.4 Å². The van der Waals surface area contributed by atoms with Gasteiger partial charge >= 0.3 is 0 Å². The first-order valence-corrected chi connectivity index (χ1v) is 13.0. The summed E-state index contributed by atoms with van der Waals surface area (Å²) in [5.41, 5.74) is 0.967. The zero-order valence-corrected chi connectivity index (χ0v) is 18.6. The average molecular weight is 447 g/mol. The predicted molar refractivity (Wildman–Crippen MR) is 119 cm³/mol. The van der Waals surface area contributed by atoms with E-state index in [1.165, 1.54) is 11.1 Å². The number of sulfone groups is 1. The lowest BCUT2D eigenvalue weighted by Crippen LogP contribution is -2.40. The van der Waals surface area contributed by atoms with Gasteiger partial charge in [0.2, 0.25) is 0 Å². The van der Waals surface area contributed by atoms with Crippen LogP contribution in [0.25, 0.3) is 11.0 Å². The second-order valence-electron chi connectivity index (χ2n) is 8.01. The quantitative estimate of drug-likeness (QED) is 0.599. The number of thiophene rings is 1. The Labute approximate surface area is 180 Å². The number of likely N-dealkylation sites (tertiary alicyclic amines) is 1. The van der Waals surface area contributed by atoms with Gasteiger partial charge in [-0.1, -0.05) is 24.3 Å².